The number of nitrogens with zero attached hydrogens (tertiary/aromatic N) is 1. The van der Waals surface area contributed by atoms with E-state index in [-0.39, 0.29) is 12.4 Å². The number of rotatable bonds is 5. The Morgan fingerprint density at radius 2 is 1.92 bits per heavy atom. The average Bonchev–Trinajstić information content (AvgIpc) is 2.63. The molecule has 0 unspecified atom stereocenters. The van der Waals surface area contributed by atoms with Crippen LogP contribution < -0.4 is 4.74 Å². The largest absolute Gasteiger partial charge is 0.488 e. The average molecular weight is 433 g/mol. The molecule has 0 spiro atoms. The Kier molecular flexibility index (Phi) is 6.07. The minimum absolute atomic E-state index is 0.144. The van der Waals surface area contributed by atoms with Gasteiger partial charge in [0.2, 0.25) is 0 Å². The summed E-state index contributed by atoms with van der Waals surface area (Å²) in [6.45, 7) is 2.09. The molecule has 0 aliphatic rings. The molecule has 0 aliphatic carbocycles. The van der Waals surface area contributed by atoms with Gasteiger partial charge in [-0.1, -0.05) is 51.8 Å². The molecule has 0 bridgehead atoms. The molecule has 0 atom stereocenters. The quantitative estimate of drug-likeness (QED) is 0.403. The van der Waals surface area contributed by atoms with Crippen LogP contribution in [0, 0.1) is 12.7 Å². The molecule has 0 heterocycles. The number of aliphatic imine (C=N–C) groups is 1. The van der Waals surface area contributed by atoms with Gasteiger partial charge in [-0.15, -0.1) is 0 Å². The van der Waals surface area contributed by atoms with E-state index >= 15 is 0 Å². The Balaban J connectivity index is 1.82. The number of halogens is 3. The lowest BCUT2D eigenvalue weighted by Gasteiger charge is -2.10. The van der Waals surface area contributed by atoms with Crippen LogP contribution in [0.5, 0.6) is 5.75 Å². The first-order chi connectivity index (χ1) is 12.5. The summed E-state index contributed by atoms with van der Waals surface area (Å²) in [5.41, 5.74) is 3.04. The number of hydrogen-bond donors (Lipinski definition) is 0. The van der Waals surface area contributed by atoms with Crippen LogP contribution in [-0.4, -0.2) is 6.21 Å². The van der Waals surface area contributed by atoms with Gasteiger partial charge in [-0.2, -0.15) is 0 Å². The van der Waals surface area contributed by atoms with Crippen molar-refractivity contribution in [3.8, 4) is 5.75 Å². The van der Waals surface area contributed by atoms with E-state index in [1.54, 1.807) is 24.4 Å². The highest BCUT2D eigenvalue weighted by Crippen LogP contribution is 2.26. The summed E-state index contributed by atoms with van der Waals surface area (Å²) in [4.78, 5) is 4.47. The van der Waals surface area contributed by atoms with Crippen molar-refractivity contribution >= 4 is 39.4 Å². The van der Waals surface area contributed by atoms with E-state index in [1.807, 2.05) is 43.3 Å². The first kappa shape index (κ1) is 18.6. The van der Waals surface area contributed by atoms with Crippen LogP contribution in [-0.2, 0) is 6.61 Å². The third-order valence-electron chi connectivity index (χ3n) is 3.82. The lowest BCUT2D eigenvalue weighted by Crippen LogP contribution is -2.00. The number of aryl methyl sites for hydroxylation is 1. The fraction of sp³-hybridized carbons (Fsp3) is 0.0952. The zero-order chi connectivity index (χ0) is 18.5. The van der Waals surface area contributed by atoms with Crippen molar-refractivity contribution in [1.82, 2.24) is 0 Å². The molecule has 132 valence electrons. The van der Waals surface area contributed by atoms with E-state index in [2.05, 4.69) is 20.9 Å². The first-order valence-electron chi connectivity index (χ1n) is 7.99. The van der Waals surface area contributed by atoms with Crippen molar-refractivity contribution in [1.29, 1.82) is 0 Å². The lowest BCUT2D eigenvalue weighted by molar-refractivity contribution is 0.299. The van der Waals surface area contributed by atoms with E-state index in [0.717, 1.165) is 21.3 Å². The maximum Gasteiger partial charge on any atom is 0.129 e. The van der Waals surface area contributed by atoms with Gasteiger partial charge in [-0.25, -0.2) is 4.39 Å². The lowest BCUT2D eigenvalue weighted by atomic mass is 10.2. The highest BCUT2D eigenvalue weighted by molar-refractivity contribution is 9.10. The Hall–Kier alpha value is -2.17. The first-order valence-corrected chi connectivity index (χ1v) is 9.16. The van der Waals surface area contributed by atoms with Gasteiger partial charge in [0.1, 0.15) is 18.2 Å². The molecule has 0 aromatic heterocycles. The van der Waals surface area contributed by atoms with Crippen molar-refractivity contribution in [2.45, 2.75) is 13.5 Å². The molecule has 2 nitrogen and oxygen atoms in total. The van der Waals surface area contributed by atoms with Crippen LogP contribution in [0.15, 0.2) is 70.1 Å². The molecular formula is C21H16BrClFNO. The van der Waals surface area contributed by atoms with Crippen molar-refractivity contribution < 1.29 is 9.13 Å². The maximum atomic E-state index is 13.8. The van der Waals surface area contributed by atoms with Crippen LogP contribution in [0.2, 0.25) is 5.02 Å². The smallest absolute Gasteiger partial charge is 0.129 e. The van der Waals surface area contributed by atoms with Crippen molar-refractivity contribution in [3.63, 3.8) is 0 Å². The topological polar surface area (TPSA) is 21.6 Å². The summed E-state index contributed by atoms with van der Waals surface area (Å²) in [5, 5.41) is 0.671. The van der Waals surface area contributed by atoms with E-state index in [9.17, 15) is 4.39 Å². The number of benzene rings is 3. The van der Waals surface area contributed by atoms with E-state index in [0.29, 0.717) is 16.3 Å². The molecule has 0 saturated carbocycles. The maximum absolute atomic E-state index is 13.8. The summed E-state index contributed by atoms with van der Waals surface area (Å²) < 4.78 is 20.5. The molecule has 0 aliphatic heterocycles. The molecule has 5 heteroatoms. The van der Waals surface area contributed by atoms with Crippen LogP contribution >= 0.6 is 27.5 Å². The van der Waals surface area contributed by atoms with Crippen LogP contribution in [0.3, 0.4) is 0 Å². The summed E-state index contributed by atoms with van der Waals surface area (Å²) in [7, 11) is 0. The molecular weight excluding hydrogens is 417 g/mol. The van der Waals surface area contributed by atoms with E-state index < -0.39 is 0 Å². The van der Waals surface area contributed by atoms with E-state index in [1.165, 1.54) is 6.07 Å². The SMILES string of the molecule is Cc1ccc(N=Cc2cc(Br)ccc2OCc2ccccc2F)cc1Cl. The van der Waals surface area contributed by atoms with Crippen LogP contribution in [0.4, 0.5) is 10.1 Å². The second-order valence-corrected chi connectivity index (χ2v) is 7.08. The molecule has 0 N–H and O–H groups in total. The Morgan fingerprint density at radius 1 is 1.12 bits per heavy atom. The minimum Gasteiger partial charge on any atom is -0.488 e. The van der Waals surface area contributed by atoms with Crippen LogP contribution in [0.1, 0.15) is 16.7 Å². The molecule has 26 heavy (non-hydrogen) atoms. The van der Waals surface area contributed by atoms with Crippen molar-refractivity contribution in [2.24, 2.45) is 4.99 Å². The predicted octanol–water partition coefficient (Wildman–Crippen LogP) is 6.88. The zero-order valence-electron chi connectivity index (χ0n) is 14.0. The van der Waals surface area contributed by atoms with Gasteiger partial charge in [-0.3, -0.25) is 4.99 Å². The summed E-state index contributed by atoms with van der Waals surface area (Å²) >= 11 is 9.60. The van der Waals surface area contributed by atoms with Gasteiger partial charge in [0.05, 0.1) is 5.69 Å². The van der Waals surface area contributed by atoms with E-state index in [4.69, 9.17) is 16.3 Å². The Morgan fingerprint density at radius 3 is 2.69 bits per heavy atom. The standard InChI is InChI=1S/C21H16BrClFNO/c1-14-6-8-18(11-19(14)23)25-12-16-10-17(22)7-9-21(16)26-13-15-4-2-3-5-20(15)24/h2-12H,13H2,1H3. The molecule has 0 fully saturated rings. The fourth-order valence-electron chi connectivity index (χ4n) is 2.33. The molecule has 0 radical (unpaired) electrons. The summed E-state index contributed by atoms with van der Waals surface area (Å²) in [5.74, 6) is 0.340. The molecule has 0 saturated heterocycles. The molecule has 3 aromatic carbocycles. The summed E-state index contributed by atoms with van der Waals surface area (Å²) in [6, 6.07) is 17.8. The van der Waals surface area contributed by atoms with Gasteiger partial charge in [-0.05, 0) is 48.9 Å². The molecule has 0 amide bonds. The minimum atomic E-state index is -0.283. The second kappa shape index (κ2) is 8.47. The monoisotopic (exact) mass is 431 g/mol. The van der Waals surface area contributed by atoms with Gasteiger partial charge in [0.15, 0.2) is 0 Å². The third-order valence-corrected chi connectivity index (χ3v) is 4.72. The fourth-order valence-corrected chi connectivity index (χ4v) is 2.88. The van der Waals surface area contributed by atoms with Gasteiger partial charge >= 0.3 is 0 Å². The van der Waals surface area contributed by atoms with Gasteiger partial charge in [0, 0.05) is 26.8 Å². The number of hydrogen-bond acceptors (Lipinski definition) is 2. The zero-order valence-corrected chi connectivity index (χ0v) is 16.4. The highest BCUT2D eigenvalue weighted by atomic mass is 79.9. The molecule has 3 aromatic rings. The Bertz CT molecular complexity index is 958. The summed E-state index contributed by atoms with van der Waals surface area (Å²) in [6.07, 6.45) is 1.71. The number of ether oxygens (including phenoxy) is 1. The Labute approximate surface area is 165 Å². The normalized spacial score (nSPS) is 11.1. The van der Waals surface area contributed by atoms with Gasteiger partial charge in [0.25, 0.3) is 0 Å². The van der Waals surface area contributed by atoms with Gasteiger partial charge < -0.3 is 4.74 Å². The predicted molar refractivity (Wildman–Crippen MR) is 108 cm³/mol. The molecule has 3 rings (SSSR count). The highest BCUT2D eigenvalue weighted by Gasteiger charge is 2.06. The van der Waals surface area contributed by atoms with Crippen molar-refractivity contribution in [3.05, 3.63) is 92.7 Å². The second-order valence-electron chi connectivity index (χ2n) is 5.75. The van der Waals surface area contributed by atoms with Crippen molar-refractivity contribution in [2.75, 3.05) is 0 Å². The van der Waals surface area contributed by atoms with Crippen LogP contribution in [0.25, 0.3) is 0 Å². The third kappa shape index (κ3) is 4.71.